The van der Waals surface area contributed by atoms with Crippen LogP contribution in [0.1, 0.15) is 80.8 Å². The first-order chi connectivity index (χ1) is 13.8. The van der Waals surface area contributed by atoms with Crippen LogP contribution >= 0.6 is 0 Å². The van der Waals surface area contributed by atoms with Crippen molar-refractivity contribution in [1.29, 1.82) is 0 Å². The molecule has 2 aromatic rings. The van der Waals surface area contributed by atoms with Gasteiger partial charge in [0.2, 0.25) is 0 Å². The first-order valence-electron chi connectivity index (χ1n) is 10.4. The number of carbonyl (C=O) groups excluding carboxylic acids is 2. The SMILES string of the molecule is CCCc1ccc(C(=O)[NH][Hf+2][NH]C(=O)c2ccc(CCC)c(C)c2C)c(C)c1C.[Cl-].[Cl-]. The number of hydrogen-bond acceptors (Lipinski definition) is 2. The molecule has 2 aromatic carbocycles. The third kappa shape index (κ3) is 7.44. The van der Waals surface area contributed by atoms with Crippen molar-refractivity contribution < 1.29 is 57.9 Å². The molecule has 0 radical (unpaired) electrons. The van der Waals surface area contributed by atoms with Gasteiger partial charge in [0.1, 0.15) is 0 Å². The van der Waals surface area contributed by atoms with Crippen LogP contribution in [0.15, 0.2) is 24.3 Å². The molecule has 2 amide bonds. The molecular formula is C24H32Cl2HfN2O2. The van der Waals surface area contributed by atoms with Gasteiger partial charge in [0.05, 0.1) is 0 Å². The van der Waals surface area contributed by atoms with Crippen LogP contribution in [0.3, 0.4) is 0 Å². The Labute approximate surface area is 211 Å². The standard InChI is InChI=1S/2C12H17NO.2ClH.Hf/c2*1-4-5-10-6-7-11(12(13)14)9(3)8(10)2;;;/h2*6-7H,4-5H2,1-3H3,(H2,13,14);2*1H;/q;;;;+4/p-4. The van der Waals surface area contributed by atoms with Gasteiger partial charge in [0.15, 0.2) is 0 Å². The molecule has 168 valence electrons. The number of aryl methyl sites for hydroxylation is 2. The molecule has 0 aliphatic heterocycles. The predicted octanol–water partition coefficient (Wildman–Crippen LogP) is -1.09. The fourth-order valence-electron chi connectivity index (χ4n) is 3.61. The topological polar surface area (TPSA) is 58.2 Å². The molecule has 7 heteroatoms. The van der Waals surface area contributed by atoms with Crippen LogP contribution < -0.4 is 31.4 Å². The molecular weight excluding hydrogens is 598 g/mol. The second kappa shape index (κ2) is 14.1. The van der Waals surface area contributed by atoms with Gasteiger partial charge in [-0.3, -0.25) is 0 Å². The number of halogens is 2. The summed E-state index contributed by atoms with van der Waals surface area (Å²) in [6.45, 7) is 12.5. The molecule has 0 saturated heterocycles. The van der Waals surface area contributed by atoms with E-state index in [1.165, 1.54) is 22.3 Å². The van der Waals surface area contributed by atoms with Crippen LogP contribution in [0.2, 0.25) is 0 Å². The molecule has 0 heterocycles. The molecule has 4 nitrogen and oxygen atoms in total. The molecule has 0 aliphatic carbocycles. The Kier molecular flexibility index (Phi) is 13.5. The van der Waals surface area contributed by atoms with Crippen LogP contribution in [0.4, 0.5) is 0 Å². The summed E-state index contributed by atoms with van der Waals surface area (Å²) in [6.07, 6.45) is 4.23. The Morgan fingerprint density at radius 1 is 0.677 bits per heavy atom. The van der Waals surface area contributed by atoms with Gasteiger partial charge < -0.3 is 24.8 Å². The van der Waals surface area contributed by atoms with Crippen molar-refractivity contribution in [2.45, 2.75) is 67.2 Å². The van der Waals surface area contributed by atoms with Crippen LogP contribution in [0, 0.1) is 27.7 Å². The van der Waals surface area contributed by atoms with E-state index in [0.717, 1.165) is 36.8 Å². The van der Waals surface area contributed by atoms with E-state index in [2.05, 4.69) is 46.4 Å². The number of benzene rings is 2. The van der Waals surface area contributed by atoms with E-state index in [9.17, 15) is 9.59 Å². The molecule has 0 unspecified atom stereocenters. The summed E-state index contributed by atoms with van der Waals surface area (Å²) < 4.78 is 6.02. The fourth-order valence-corrected chi connectivity index (χ4v) is 5.61. The van der Waals surface area contributed by atoms with Crippen LogP contribution in [0.25, 0.3) is 0 Å². The maximum atomic E-state index is 12.6. The Hall–Kier alpha value is -1.17. The summed E-state index contributed by atoms with van der Waals surface area (Å²) >= 11 is -1.81. The number of nitrogens with one attached hydrogen (secondary N) is 2. The van der Waals surface area contributed by atoms with Crippen molar-refractivity contribution in [3.63, 3.8) is 0 Å². The van der Waals surface area contributed by atoms with Crippen molar-refractivity contribution in [1.82, 2.24) is 6.61 Å². The van der Waals surface area contributed by atoms with Gasteiger partial charge in [-0.25, -0.2) is 0 Å². The summed E-state index contributed by atoms with van der Waals surface area (Å²) in [5, 5.41) is 0. The number of carbonyl (C=O) groups is 2. The zero-order valence-electron chi connectivity index (χ0n) is 19.2. The van der Waals surface area contributed by atoms with E-state index in [1.54, 1.807) is 0 Å². The Morgan fingerprint density at radius 2 is 1.03 bits per heavy atom. The summed E-state index contributed by atoms with van der Waals surface area (Å²) in [7, 11) is 0. The quantitative estimate of drug-likeness (QED) is 0.365. The molecule has 0 aromatic heterocycles. The van der Waals surface area contributed by atoms with Crippen molar-refractivity contribution in [3.05, 3.63) is 68.8 Å². The molecule has 0 spiro atoms. The van der Waals surface area contributed by atoms with Gasteiger partial charge in [-0.1, -0.05) is 0 Å². The molecule has 31 heavy (non-hydrogen) atoms. The number of amides is 2. The molecule has 0 atom stereocenters. The van der Waals surface area contributed by atoms with E-state index < -0.39 is 23.5 Å². The first kappa shape index (κ1) is 29.8. The molecule has 0 bridgehead atoms. The number of rotatable bonds is 8. The normalized spacial score (nSPS) is 9.74. The predicted molar refractivity (Wildman–Crippen MR) is 115 cm³/mol. The Morgan fingerprint density at radius 3 is 1.35 bits per heavy atom. The van der Waals surface area contributed by atoms with E-state index >= 15 is 0 Å². The molecule has 0 aliphatic rings. The monoisotopic (exact) mass is 630 g/mol. The van der Waals surface area contributed by atoms with Crippen LogP contribution in [-0.4, -0.2) is 11.8 Å². The Balaban J connectivity index is 0.00000450. The average Bonchev–Trinajstić information content (AvgIpc) is 2.69. The smallest absolute Gasteiger partial charge is 1.00 e. The van der Waals surface area contributed by atoms with E-state index in [0.29, 0.717) is 11.1 Å². The molecule has 0 saturated carbocycles. The Bertz CT molecular complexity index is 843. The summed E-state index contributed by atoms with van der Waals surface area (Å²) in [5.41, 5.74) is 8.46. The summed E-state index contributed by atoms with van der Waals surface area (Å²) in [5.74, 6) is -0.160. The average molecular weight is 630 g/mol. The third-order valence-corrected chi connectivity index (χ3v) is 8.21. The van der Waals surface area contributed by atoms with Crippen molar-refractivity contribution in [3.8, 4) is 0 Å². The van der Waals surface area contributed by atoms with Gasteiger partial charge in [-0.05, 0) is 0 Å². The van der Waals surface area contributed by atoms with E-state index in [4.69, 9.17) is 0 Å². The number of hydrogen-bond donors (Lipinski definition) is 2. The minimum absolute atomic E-state index is 0. The largest absolute Gasteiger partial charge is 1.00 e. The van der Waals surface area contributed by atoms with Gasteiger partial charge in [-0.2, -0.15) is 0 Å². The van der Waals surface area contributed by atoms with E-state index in [-0.39, 0.29) is 36.6 Å². The zero-order valence-corrected chi connectivity index (χ0v) is 24.3. The van der Waals surface area contributed by atoms with Gasteiger partial charge in [-0.15, -0.1) is 0 Å². The van der Waals surface area contributed by atoms with Crippen LogP contribution in [-0.2, 0) is 36.3 Å². The first-order valence-corrected chi connectivity index (χ1v) is 13.9. The minimum atomic E-state index is -1.81. The third-order valence-electron chi connectivity index (χ3n) is 5.68. The van der Waals surface area contributed by atoms with Crippen LogP contribution in [0.5, 0.6) is 0 Å². The fraction of sp³-hybridized carbons (Fsp3) is 0.417. The van der Waals surface area contributed by atoms with Gasteiger partial charge >= 0.3 is 187 Å². The maximum Gasteiger partial charge on any atom is -1.00 e. The zero-order chi connectivity index (χ0) is 21.6. The molecule has 0 fully saturated rings. The van der Waals surface area contributed by atoms with Gasteiger partial charge in [0.25, 0.3) is 0 Å². The molecule has 2 rings (SSSR count). The maximum absolute atomic E-state index is 12.6. The second-order valence-corrected chi connectivity index (χ2v) is 10.3. The van der Waals surface area contributed by atoms with Gasteiger partial charge in [0, 0.05) is 0 Å². The summed E-state index contributed by atoms with van der Waals surface area (Å²) in [4.78, 5) is 25.3. The summed E-state index contributed by atoms with van der Waals surface area (Å²) in [6, 6.07) is 7.93. The van der Waals surface area contributed by atoms with Crippen molar-refractivity contribution in [2.24, 2.45) is 0 Å². The minimum Gasteiger partial charge on any atom is -1.00 e. The van der Waals surface area contributed by atoms with E-state index in [1.807, 2.05) is 26.0 Å². The van der Waals surface area contributed by atoms with Crippen molar-refractivity contribution >= 4 is 11.8 Å². The second-order valence-electron chi connectivity index (χ2n) is 7.58. The van der Waals surface area contributed by atoms with Crippen molar-refractivity contribution in [2.75, 3.05) is 0 Å². The molecule has 2 N–H and O–H groups in total.